The molecule has 1 amide bonds. The van der Waals surface area contributed by atoms with Gasteiger partial charge in [-0.05, 0) is 19.3 Å². The van der Waals surface area contributed by atoms with Gasteiger partial charge in [0.2, 0.25) is 5.91 Å². The Labute approximate surface area is 97.2 Å². The number of hydrogen-bond donors (Lipinski definition) is 0. The van der Waals surface area contributed by atoms with Gasteiger partial charge >= 0.3 is 0 Å². The third-order valence-electron chi connectivity index (χ3n) is 2.83. The number of fused-ring (bicyclic) bond motifs is 1. The van der Waals surface area contributed by atoms with E-state index < -0.39 is 0 Å². The second-order valence-corrected chi connectivity index (χ2v) is 3.80. The molecule has 4 nitrogen and oxygen atoms in total. The second-order valence-electron chi connectivity index (χ2n) is 3.80. The molecule has 90 valence electrons. The van der Waals surface area contributed by atoms with Crippen LogP contribution in [0.5, 0.6) is 0 Å². The standard InChI is InChI=1S/C10H15N3O.C2H6/c1-7(14)12(2)10-8-5-4-6-9(8)11-13(10)3;1-2/h4-6H2,1-3H3;1-2H3. The van der Waals surface area contributed by atoms with Gasteiger partial charge in [-0.3, -0.25) is 9.48 Å². The minimum absolute atomic E-state index is 0.0581. The molecule has 0 atom stereocenters. The Morgan fingerprint density at radius 1 is 1.38 bits per heavy atom. The van der Waals surface area contributed by atoms with Crippen molar-refractivity contribution in [1.82, 2.24) is 9.78 Å². The molecule has 16 heavy (non-hydrogen) atoms. The fourth-order valence-electron chi connectivity index (χ4n) is 2.07. The molecule has 1 aromatic heterocycles. The third kappa shape index (κ3) is 2.10. The predicted octanol–water partition coefficient (Wildman–Crippen LogP) is 1.92. The number of anilines is 1. The maximum atomic E-state index is 11.3. The maximum absolute atomic E-state index is 11.3. The van der Waals surface area contributed by atoms with E-state index in [0.717, 1.165) is 30.8 Å². The lowest BCUT2D eigenvalue weighted by atomic mass is 10.2. The van der Waals surface area contributed by atoms with Crippen LogP contribution >= 0.6 is 0 Å². The van der Waals surface area contributed by atoms with Gasteiger partial charge in [0.1, 0.15) is 5.82 Å². The molecule has 4 heteroatoms. The zero-order chi connectivity index (χ0) is 12.3. The average molecular weight is 223 g/mol. The van der Waals surface area contributed by atoms with Crippen LogP contribution in [0.15, 0.2) is 0 Å². The molecule has 1 aromatic rings. The van der Waals surface area contributed by atoms with Crippen molar-refractivity contribution in [2.45, 2.75) is 40.0 Å². The fourth-order valence-corrected chi connectivity index (χ4v) is 2.07. The molecule has 0 radical (unpaired) electrons. The van der Waals surface area contributed by atoms with Gasteiger partial charge in [-0.2, -0.15) is 5.10 Å². The number of carbonyl (C=O) groups excluding carboxylic acids is 1. The van der Waals surface area contributed by atoms with Gasteiger partial charge in [0.05, 0.1) is 5.69 Å². The molecule has 1 aliphatic rings. The lowest BCUT2D eigenvalue weighted by Gasteiger charge is -2.16. The van der Waals surface area contributed by atoms with E-state index in [2.05, 4.69) is 5.10 Å². The Bertz CT molecular complexity index is 382. The third-order valence-corrected chi connectivity index (χ3v) is 2.83. The molecule has 0 spiro atoms. The first-order valence-corrected chi connectivity index (χ1v) is 5.90. The first-order chi connectivity index (χ1) is 7.61. The highest BCUT2D eigenvalue weighted by Gasteiger charge is 2.24. The quantitative estimate of drug-likeness (QED) is 0.729. The van der Waals surface area contributed by atoms with Crippen LogP contribution in [0.1, 0.15) is 38.4 Å². The molecular weight excluding hydrogens is 202 g/mol. The lowest BCUT2D eigenvalue weighted by Crippen LogP contribution is -2.26. The summed E-state index contributed by atoms with van der Waals surface area (Å²) in [5.41, 5.74) is 2.42. The highest BCUT2D eigenvalue weighted by atomic mass is 16.2. The van der Waals surface area contributed by atoms with Crippen molar-refractivity contribution in [1.29, 1.82) is 0 Å². The summed E-state index contributed by atoms with van der Waals surface area (Å²) in [6.07, 6.45) is 3.27. The topological polar surface area (TPSA) is 38.1 Å². The van der Waals surface area contributed by atoms with E-state index in [1.807, 2.05) is 25.6 Å². The number of nitrogens with zero attached hydrogens (tertiary/aromatic N) is 3. The molecule has 0 bridgehead atoms. The molecule has 1 heterocycles. The number of aromatic nitrogens is 2. The van der Waals surface area contributed by atoms with Gasteiger partial charge in [0.15, 0.2) is 0 Å². The van der Waals surface area contributed by atoms with Crippen molar-refractivity contribution in [3.05, 3.63) is 11.3 Å². The summed E-state index contributed by atoms with van der Waals surface area (Å²) in [7, 11) is 3.70. The molecular formula is C12H21N3O. The summed E-state index contributed by atoms with van der Waals surface area (Å²) < 4.78 is 1.81. The van der Waals surface area contributed by atoms with E-state index in [4.69, 9.17) is 0 Å². The van der Waals surface area contributed by atoms with E-state index in [0.29, 0.717) is 0 Å². The predicted molar refractivity (Wildman–Crippen MR) is 65.7 cm³/mol. The van der Waals surface area contributed by atoms with Crippen molar-refractivity contribution in [2.24, 2.45) is 7.05 Å². The summed E-state index contributed by atoms with van der Waals surface area (Å²) in [4.78, 5) is 13.0. The van der Waals surface area contributed by atoms with E-state index in [1.165, 1.54) is 5.56 Å². The number of carbonyl (C=O) groups is 1. The molecule has 0 unspecified atom stereocenters. The van der Waals surface area contributed by atoms with Crippen LogP contribution in [0.2, 0.25) is 0 Å². The van der Waals surface area contributed by atoms with Gasteiger partial charge in [-0.25, -0.2) is 0 Å². The minimum atomic E-state index is 0.0581. The number of hydrogen-bond acceptors (Lipinski definition) is 2. The molecule has 0 N–H and O–H groups in total. The van der Waals surface area contributed by atoms with Crippen LogP contribution in [0.25, 0.3) is 0 Å². The van der Waals surface area contributed by atoms with Crippen LogP contribution in [0.4, 0.5) is 5.82 Å². The Hall–Kier alpha value is -1.32. The molecule has 0 fully saturated rings. The van der Waals surface area contributed by atoms with Gasteiger partial charge in [-0.15, -0.1) is 0 Å². The summed E-state index contributed by atoms with van der Waals surface area (Å²) in [6.45, 7) is 5.58. The van der Waals surface area contributed by atoms with Crippen molar-refractivity contribution < 1.29 is 4.79 Å². The van der Waals surface area contributed by atoms with E-state index in [1.54, 1.807) is 18.9 Å². The van der Waals surface area contributed by atoms with Crippen LogP contribution in [-0.4, -0.2) is 22.7 Å². The van der Waals surface area contributed by atoms with Crippen LogP contribution in [0, 0.1) is 0 Å². The zero-order valence-electron chi connectivity index (χ0n) is 10.9. The normalized spacial score (nSPS) is 12.8. The number of amides is 1. The minimum Gasteiger partial charge on any atom is -0.300 e. The smallest absolute Gasteiger partial charge is 0.224 e. The molecule has 0 aliphatic heterocycles. The molecule has 0 saturated carbocycles. The second kappa shape index (κ2) is 5.14. The summed E-state index contributed by atoms with van der Waals surface area (Å²) >= 11 is 0. The summed E-state index contributed by atoms with van der Waals surface area (Å²) in [6, 6.07) is 0. The van der Waals surface area contributed by atoms with Crippen LogP contribution < -0.4 is 4.90 Å². The van der Waals surface area contributed by atoms with E-state index in [-0.39, 0.29) is 5.91 Å². The highest BCUT2D eigenvalue weighted by Crippen LogP contribution is 2.29. The van der Waals surface area contributed by atoms with Crippen LogP contribution in [0.3, 0.4) is 0 Å². The Morgan fingerprint density at radius 2 is 2.00 bits per heavy atom. The number of rotatable bonds is 1. The SMILES string of the molecule is CC.CC(=O)N(C)c1c2c(nn1C)CCC2. The maximum Gasteiger partial charge on any atom is 0.224 e. The zero-order valence-corrected chi connectivity index (χ0v) is 10.9. The first-order valence-electron chi connectivity index (χ1n) is 5.90. The monoisotopic (exact) mass is 223 g/mol. The van der Waals surface area contributed by atoms with E-state index >= 15 is 0 Å². The Balaban J connectivity index is 0.000000606. The van der Waals surface area contributed by atoms with Crippen molar-refractivity contribution in [3.63, 3.8) is 0 Å². The molecule has 2 rings (SSSR count). The van der Waals surface area contributed by atoms with Crippen molar-refractivity contribution >= 4 is 11.7 Å². The number of aryl methyl sites for hydroxylation is 2. The van der Waals surface area contributed by atoms with Gasteiger partial charge in [0.25, 0.3) is 0 Å². The molecule has 0 aromatic carbocycles. The average Bonchev–Trinajstić information content (AvgIpc) is 2.79. The Kier molecular flexibility index (Phi) is 4.10. The van der Waals surface area contributed by atoms with Gasteiger partial charge in [0, 0.05) is 26.6 Å². The lowest BCUT2D eigenvalue weighted by molar-refractivity contribution is -0.116. The Morgan fingerprint density at radius 3 is 2.56 bits per heavy atom. The fraction of sp³-hybridized carbons (Fsp3) is 0.667. The first kappa shape index (κ1) is 12.7. The molecule has 0 saturated heterocycles. The van der Waals surface area contributed by atoms with Gasteiger partial charge < -0.3 is 4.90 Å². The van der Waals surface area contributed by atoms with Crippen LogP contribution in [-0.2, 0) is 24.7 Å². The van der Waals surface area contributed by atoms with Gasteiger partial charge in [-0.1, -0.05) is 13.8 Å². The highest BCUT2D eigenvalue weighted by molar-refractivity contribution is 5.90. The summed E-state index contributed by atoms with van der Waals surface area (Å²) in [5.74, 6) is 1.02. The van der Waals surface area contributed by atoms with Crippen molar-refractivity contribution in [2.75, 3.05) is 11.9 Å². The van der Waals surface area contributed by atoms with E-state index in [9.17, 15) is 4.79 Å². The molecule has 1 aliphatic carbocycles. The summed E-state index contributed by atoms with van der Waals surface area (Å²) in [5, 5.41) is 4.42. The largest absolute Gasteiger partial charge is 0.300 e. The van der Waals surface area contributed by atoms with Crippen molar-refractivity contribution in [3.8, 4) is 0 Å².